The zero-order valence-electron chi connectivity index (χ0n) is 67.2. The summed E-state index contributed by atoms with van der Waals surface area (Å²) in [6, 6.07) is 26.6. The maximum Gasteiger partial charge on any atom is 0.312 e. The third-order valence-corrected chi connectivity index (χ3v) is 20.9. The Morgan fingerprint density at radius 1 is 0.593 bits per heavy atom. The summed E-state index contributed by atoms with van der Waals surface area (Å²) in [5, 5.41) is 58.6. The number of urea groups is 1. The van der Waals surface area contributed by atoms with Crippen LogP contribution in [-0.2, 0) is 84.4 Å². The Labute approximate surface area is 697 Å². The zero-order valence-corrected chi connectivity index (χ0v) is 68.7. The summed E-state index contributed by atoms with van der Waals surface area (Å²) in [7, 11) is 0. The predicted octanol–water partition coefficient (Wildman–Crippen LogP) is 6.59. The molecule has 1 fully saturated rings. The molecule has 4 heterocycles. The summed E-state index contributed by atoms with van der Waals surface area (Å²) in [6.45, 7) is 15.5. The number of nitrogens with one attached hydrogen (secondary N) is 5. The molecule has 9 atom stereocenters. The number of aryl methyl sites for hydroxylation is 2. The van der Waals surface area contributed by atoms with Crippen molar-refractivity contribution >= 4 is 109 Å². The van der Waals surface area contributed by atoms with E-state index in [0.717, 1.165) is 49.8 Å². The number of hydrogen-bond donors (Lipinski definition) is 10. The average Bonchev–Trinajstić information content (AvgIpc) is 1.57. The smallest absolute Gasteiger partial charge is 0.312 e. The molecule has 1 saturated heterocycles. The topological polar surface area (TPSA) is 407 Å². The molecule has 3 aliphatic rings. The highest BCUT2D eigenvalue weighted by molar-refractivity contribution is 6.19. The van der Waals surface area contributed by atoms with Gasteiger partial charge in [-0.05, 0) is 95.8 Å². The second-order valence-corrected chi connectivity index (χ2v) is 29.7. The van der Waals surface area contributed by atoms with Crippen molar-refractivity contribution in [3.05, 3.63) is 137 Å². The normalized spacial score (nSPS) is 18.1. The molecule has 8 amide bonds. The van der Waals surface area contributed by atoms with E-state index in [9.17, 15) is 54.0 Å². The molecule has 0 radical (unpaired) electrons. The van der Waals surface area contributed by atoms with Crippen LogP contribution in [0.15, 0.2) is 104 Å². The molecule has 0 spiro atoms. The van der Waals surface area contributed by atoms with Crippen LogP contribution >= 0.6 is 23.2 Å². The average molecular weight is 1680 g/mol. The molecule has 31 nitrogen and oxygen atoms in total. The number of aliphatic hydroxyl groups excluding tert-OH is 4. The monoisotopic (exact) mass is 1680 g/mol. The van der Waals surface area contributed by atoms with Gasteiger partial charge in [-0.2, -0.15) is 0 Å². The van der Waals surface area contributed by atoms with Crippen LogP contribution in [0.3, 0.4) is 0 Å². The number of nitrogens with zero attached hydrogens (tertiary/aromatic N) is 3. The Bertz CT molecular complexity index is 4240. The first-order valence-electron chi connectivity index (χ1n) is 40.2. The molecular formula is C85H113Cl2N9O22. The number of carbonyl (C=O) groups is 7. The summed E-state index contributed by atoms with van der Waals surface area (Å²) in [5.41, 5.74) is 12.1. The molecule has 644 valence electrons. The summed E-state index contributed by atoms with van der Waals surface area (Å²) >= 11 is 13.2. The van der Waals surface area contributed by atoms with Crippen molar-refractivity contribution in [3.63, 3.8) is 0 Å². The van der Waals surface area contributed by atoms with Gasteiger partial charge in [0.05, 0.1) is 124 Å². The van der Waals surface area contributed by atoms with Gasteiger partial charge in [0.2, 0.25) is 41.7 Å². The van der Waals surface area contributed by atoms with Gasteiger partial charge in [-0.1, -0.05) is 87.2 Å². The van der Waals surface area contributed by atoms with Gasteiger partial charge in [-0.3, -0.25) is 33.8 Å². The van der Waals surface area contributed by atoms with Crippen LogP contribution in [0.5, 0.6) is 11.5 Å². The lowest BCUT2D eigenvalue weighted by atomic mass is 9.95. The highest BCUT2D eigenvalue weighted by atomic mass is 35.5. The highest BCUT2D eigenvalue weighted by Crippen LogP contribution is 2.48. The molecule has 3 aliphatic heterocycles. The number of alkyl halides is 2. The molecule has 118 heavy (non-hydrogen) atoms. The van der Waals surface area contributed by atoms with Crippen molar-refractivity contribution in [1.29, 1.82) is 0 Å². The van der Waals surface area contributed by atoms with Crippen LogP contribution in [0.4, 0.5) is 21.9 Å². The van der Waals surface area contributed by atoms with Crippen LogP contribution in [0.25, 0.3) is 27.6 Å². The summed E-state index contributed by atoms with van der Waals surface area (Å²) in [6.07, 6.45) is -4.37. The van der Waals surface area contributed by atoms with Gasteiger partial charge in [-0.15, -0.1) is 23.2 Å². The van der Waals surface area contributed by atoms with Crippen LogP contribution in [-0.4, -0.2) is 260 Å². The molecule has 33 heteroatoms. The zero-order chi connectivity index (χ0) is 84.3. The number of ether oxygens (including phenoxy) is 11. The lowest BCUT2D eigenvalue weighted by Gasteiger charge is -2.39. The molecule has 11 N–H and O–H groups in total. The van der Waals surface area contributed by atoms with Crippen molar-refractivity contribution < 1.29 is 106 Å². The van der Waals surface area contributed by atoms with E-state index in [4.69, 9.17) is 81.0 Å². The Morgan fingerprint density at radius 2 is 1.11 bits per heavy atom. The van der Waals surface area contributed by atoms with E-state index < -0.39 is 73.1 Å². The van der Waals surface area contributed by atoms with Crippen molar-refractivity contribution in [1.82, 2.24) is 26.3 Å². The van der Waals surface area contributed by atoms with Crippen molar-refractivity contribution in [3.8, 4) is 11.5 Å². The number of aromatic nitrogens is 1. The molecule has 0 bridgehead atoms. The van der Waals surface area contributed by atoms with E-state index >= 15 is 0 Å². The number of fused-ring (bicyclic) bond motifs is 6. The number of amides is 8. The van der Waals surface area contributed by atoms with Gasteiger partial charge in [0.1, 0.15) is 54.6 Å². The standard InChI is InChI=1S/C85H113Cl2N9O22/c1-5-56-44-55(4)91-61(45-56)23-24-72(98)89-27-29-109-31-33-111-35-37-113-39-41-115-43-42-114-40-38-112-36-34-110-32-30-108-28-25-73(99)94-78(54(2)3)83(106)93-66(16-11-26-90-85(88)107)82(105)92-60-21-19-57(20-22-60)53-116-69-46-67-76(64-14-8-6-12-62(64)69)58(48-86)50-95(67)74(100)17-10-18-75(101)96-51-59(49-87)77-65-15-9-7-13-63(65)70(47-68(77)96)117-84-81(104)80(103)79(102)71(52-97)118-84/h5-9,12-15,19-22,44-47,54,58-59,66,71,78-81,84,97,102-104H,1,10-11,16-18,23-43,48-53H2,2-4H3,(H,89,98)(H,92,105)(H,93,106)(H,94,99)(H3,88,90,107)/t58-,59-,66+,71-,78+,79+,80+,81-,84-/m1/s1. The minimum absolute atomic E-state index is 0.00608. The van der Waals surface area contributed by atoms with Gasteiger partial charge in [0.25, 0.3) is 0 Å². The summed E-state index contributed by atoms with van der Waals surface area (Å²) in [5.74, 6) is -1.75. The fraction of sp³-hybridized carbons (Fsp3) is 0.529. The molecular weight excluding hydrogens is 1570 g/mol. The van der Waals surface area contributed by atoms with Gasteiger partial charge in [0.15, 0.2) is 0 Å². The minimum Gasteiger partial charge on any atom is -0.488 e. The number of hydrogen-bond acceptors (Lipinski definition) is 23. The van der Waals surface area contributed by atoms with Crippen LogP contribution < -0.4 is 51.6 Å². The van der Waals surface area contributed by atoms with Gasteiger partial charge < -0.3 is 115 Å². The largest absolute Gasteiger partial charge is 0.488 e. The second kappa shape index (κ2) is 49.1. The van der Waals surface area contributed by atoms with E-state index in [0.29, 0.717) is 140 Å². The van der Waals surface area contributed by atoms with Crippen molar-refractivity contribution in [2.45, 2.75) is 133 Å². The van der Waals surface area contributed by atoms with Gasteiger partial charge >= 0.3 is 6.03 Å². The summed E-state index contributed by atoms with van der Waals surface area (Å²) < 4.78 is 62.9. The molecule has 0 unspecified atom stereocenters. The number of rotatable bonds is 53. The first-order valence-corrected chi connectivity index (χ1v) is 41.2. The third kappa shape index (κ3) is 27.9. The van der Waals surface area contributed by atoms with E-state index in [2.05, 4.69) is 38.1 Å². The number of halogens is 2. The lowest BCUT2D eigenvalue weighted by molar-refractivity contribution is -0.277. The number of anilines is 3. The molecule has 0 aliphatic carbocycles. The predicted molar refractivity (Wildman–Crippen MR) is 444 cm³/mol. The first kappa shape index (κ1) is 93.1. The lowest BCUT2D eigenvalue weighted by Crippen LogP contribution is -2.60. The van der Waals surface area contributed by atoms with Crippen molar-refractivity contribution in [2.24, 2.45) is 11.7 Å². The molecule has 9 rings (SSSR count). The van der Waals surface area contributed by atoms with Crippen molar-refractivity contribution in [2.75, 3.05) is 165 Å². The van der Waals surface area contributed by atoms with Crippen LogP contribution in [0.2, 0.25) is 0 Å². The maximum absolute atomic E-state index is 14.4. The molecule has 1 aromatic heterocycles. The molecule has 0 saturated carbocycles. The Balaban J connectivity index is 0.644. The highest BCUT2D eigenvalue weighted by Gasteiger charge is 2.46. The van der Waals surface area contributed by atoms with E-state index in [1.54, 1.807) is 66.1 Å². The van der Waals surface area contributed by atoms with Crippen LogP contribution in [0, 0.1) is 12.8 Å². The third-order valence-electron chi connectivity index (χ3n) is 20.1. The first-order chi connectivity index (χ1) is 57.2. The fourth-order valence-corrected chi connectivity index (χ4v) is 14.5. The van der Waals surface area contributed by atoms with Crippen LogP contribution in [0.1, 0.15) is 104 Å². The molecule has 5 aromatic carbocycles. The summed E-state index contributed by atoms with van der Waals surface area (Å²) in [4.78, 5) is 101. The van der Waals surface area contributed by atoms with Gasteiger partial charge in [0, 0.05) is 115 Å². The molecule has 6 aromatic rings. The Kier molecular flexibility index (Phi) is 38.8. The maximum atomic E-state index is 14.4. The van der Waals surface area contributed by atoms with E-state index in [1.807, 2.05) is 67.6 Å². The quantitative estimate of drug-likeness (QED) is 0.0142. The van der Waals surface area contributed by atoms with Gasteiger partial charge in [-0.25, -0.2) is 4.79 Å². The fourth-order valence-electron chi connectivity index (χ4n) is 14.0. The Morgan fingerprint density at radius 3 is 1.63 bits per heavy atom. The number of carbonyl (C=O) groups excluding carboxylic acids is 7. The number of nitrogens with two attached hydrogens (primary N) is 1. The minimum atomic E-state index is -1.67. The Hall–Kier alpha value is -8.74. The number of primary amides is 1. The van der Waals surface area contributed by atoms with E-state index in [-0.39, 0.29) is 131 Å². The van der Waals surface area contributed by atoms with E-state index in [1.165, 1.54) is 0 Å². The number of pyridine rings is 1. The number of benzene rings is 5. The number of aliphatic hydroxyl groups is 4. The SMILES string of the molecule is C=Cc1cc(C)nc(CCC(=O)NCCOCCOCCOCCOCCOCCOCCOCCOCCC(=O)N[C@H](C(=O)N[C@@H](CCCNC(N)=O)C(=O)Nc2ccc(COc3cc4c(c5ccccc35)[C@H](CCl)CN4C(=O)CCCC(=O)N3C[C@@H](CCl)c4c3cc(O[C@@H]3O[C@H](CO)[C@H](O)[C@H](O)[C@H]3O)c3ccccc43)cc2)C(C)C)c1. The second-order valence-electron chi connectivity index (χ2n) is 29.1.